The lowest BCUT2D eigenvalue weighted by atomic mass is 10.1. The molecule has 0 bridgehead atoms. The van der Waals surface area contributed by atoms with E-state index in [2.05, 4.69) is 12.1 Å². The standard InChI is InChI=1S/C19H25NO5S2/c1-13(19(22)20(2)16-8-9-27(23,24)12-16)25-18(21)11-26-17-7-6-14-4-3-5-15(14)10-17/h6-7,10,13,16H,3-5,8-9,11-12H2,1-2H3/t13-,16-/m0/s1. The Bertz CT molecular complexity index is 837. The molecular formula is C19H25NO5S2. The number of ether oxygens (including phenoxy) is 1. The van der Waals surface area contributed by atoms with Crippen LogP contribution in [0.25, 0.3) is 0 Å². The Morgan fingerprint density at radius 3 is 2.74 bits per heavy atom. The molecule has 1 aromatic rings. The third-order valence-corrected chi connectivity index (χ3v) is 7.90. The van der Waals surface area contributed by atoms with Gasteiger partial charge in [0.1, 0.15) is 0 Å². The minimum atomic E-state index is -3.07. The van der Waals surface area contributed by atoms with Crippen LogP contribution in [-0.2, 0) is 37.0 Å². The average Bonchev–Trinajstić information content (AvgIpc) is 3.23. The maximum absolute atomic E-state index is 12.4. The highest BCUT2D eigenvalue weighted by Gasteiger charge is 2.34. The maximum atomic E-state index is 12.4. The first-order chi connectivity index (χ1) is 12.7. The van der Waals surface area contributed by atoms with Gasteiger partial charge < -0.3 is 9.64 Å². The van der Waals surface area contributed by atoms with E-state index in [1.165, 1.54) is 41.1 Å². The van der Waals surface area contributed by atoms with Gasteiger partial charge in [0.2, 0.25) is 0 Å². The third kappa shape index (κ3) is 5.04. The van der Waals surface area contributed by atoms with Gasteiger partial charge in [0.25, 0.3) is 5.91 Å². The molecule has 8 heteroatoms. The van der Waals surface area contributed by atoms with Crippen molar-refractivity contribution in [1.29, 1.82) is 0 Å². The molecule has 1 amide bonds. The zero-order valence-corrected chi connectivity index (χ0v) is 17.3. The summed E-state index contributed by atoms with van der Waals surface area (Å²) >= 11 is 1.40. The molecule has 0 radical (unpaired) electrons. The number of carbonyl (C=O) groups excluding carboxylic acids is 2. The molecule has 0 saturated carbocycles. The van der Waals surface area contributed by atoms with Crippen molar-refractivity contribution in [2.75, 3.05) is 24.3 Å². The quantitative estimate of drug-likeness (QED) is 0.525. The molecule has 1 saturated heterocycles. The Morgan fingerprint density at radius 1 is 1.30 bits per heavy atom. The summed E-state index contributed by atoms with van der Waals surface area (Å²) in [6.07, 6.45) is 2.90. The van der Waals surface area contributed by atoms with Crippen LogP contribution in [0.5, 0.6) is 0 Å². The van der Waals surface area contributed by atoms with Gasteiger partial charge in [0.15, 0.2) is 15.9 Å². The van der Waals surface area contributed by atoms with Gasteiger partial charge in [-0.15, -0.1) is 11.8 Å². The summed E-state index contributed by atoms with van der Waals surface area (Å²) in [6.45, 7) is 1.53. The van der Waals surface area contributed by atoms with Crippen molar-refractivity contribution in [3.05, 3.63) is 29.3 Å². The Kier molecular flexibility index (Phi) is 6.15. The van der Waals surface area contributed by atoms with Crippen LogP contribution < -0.4 is 0 Å². The number of thioether (sulfide) groups is 1. The van der Waals surface area contributed by atoms with Crippen molar-refractivity contribution in [1.82, 2.24) is 4.90 Å². The smallest absolute Gasteiger partial charge is 0.317 e. The summed E-state index contributed by atoms with van der Waals surface area (Å²) in [5.74, 6) is -0.607. The Morgan fingerprint density at radius 2 is 2.04 bits per heavy atom. The molecule has 0 unspecified atom stereocenters. The summed E-state index contributed by atoms with van der Waals surface area (Å²) in [6, 6.07) is 5.92. The molecule has 0 aromatic heterocycles. The number of carbonyl (C=O) groups is 2. The van der Waals surface area contributed by atoms with Crippen LogP contribution in [0.1, 0.15) is 30.9 Å². The van der Waals surface area contributed by atoms with Gasteiger partial charge in [-0.25, -0.2) is 8.42 Å². The lowest BCUT2D eigenvalue weighted by Crippen LogP contribution is -2.44. The van der Waals surface area contributed by atoms with E-state index >= 15 is 0 Å². The Hall–Kier alpha value is -1.54. The van der Waals surface area contributed by atoms with Gasteiger partial charge >= 0.3 is 5.97 Å². The van der Waals surface area contributed by atoms with Gasteiger partial charge in [-0.05, 0) is 55.9 Å². The molecule has 0 spiro atoms. The number of hydrogen-bond donors (Lipinski definition) is 0. The van der Waals surface area contributed by atoms with Crippen molar-refractivity contribution in [3.63, 3.8) is 0 Å². The first-order valence-electron chi connectivity index (χ1n) is 9.16. The summed E-state index contributed by atoms with van der Waals surface area (Å²) in [7, 11) is -1.50. The maximum Gasteiger partial charge on any atom is 0.317 e. The second-order valence-electron chi connectivity index (χ2n) is 7.21. The fourth-order valence-corrected chi connectivity index (χ4v) is 6.13. The molecule has 6 nitrogen and oxygen atoms in total. The number of likely N-dealkylation sites (N-methyl/N-ethyl adjacent to an activating group) is 1. The van der Waals surface area contributed by atoms with E-state index in [4.69, 9.17) is 4.74 Å². The summed E-state index contributed by atoms with van der Waals surface area (Å²) in [4.78, 5) is 27.0. The van der Waals surface area contributed by atoms with Crippen LogP contribution in [0.3, 0.4) is 0 Å². The SMILES string of the molecule is C[C@H](OC(=O)CSc1ccc2c(c1)CCC2)C(=O)N(C)[C@H]1CCS(=O)(=O)C1. The summed E-state index contributed by atoms with van der Waals surface area (Å²) in [5, 5.41) is 0. The lowest BCUT2D eigenvalue weighted by Gasteiger charge is -2.26. The number of esters is 1. The number of sulfone groups is 1. The van der Waals surface area contributed by atoms with Crippen molar-refractivity contribution in [3.8, 4) is 0 Å². The lowest BCUT2D eigenvalue weighted by molar-refractivity contribution is -0.157. The molecular weight excluding hydrogens is 386 g/mol. The zero-order valence-electron chi connectivity index (χ0n) is 15.6. The van der Waals surface area contributed by atoms with Crippen molar-refractivity contribution >= 4 is 33.5 Å². The molecule has 2 atom stereocenters. The molecule has 148 valence electrons. The fraction of sp³-hybridized carbons (Fsp3) is 0.579. The van der Waals surface area contributed by atoms with E-state index in [0.717, 1.165) is 17.7 Å². The van der Waals surface area contributed by atoms with E-state index in [0.29, 0.717) is 6.42 Å². The predicted octanol–water partition coefficient (Wildman–Crippen LogP) is 1.84. The van der Waals surface area contributed by atoms with Crippen LogP contribution in [0.4, 0.5) is 0 Å². The van der Waals surface area contributed by atoms with E-state index in [-0.39, 0.29) is 29.2 Å². The second kappa shape index (κ2) is 8.22. The van der Waals surface area contributed by atoms with Crippen LogP contribution in [0.2, 0.25) is 0 Å². The number of rotatable bonds is 6. The van der Waals surface area contributed by atoms with Crippen LogP contribution in [0, 0.1) is 0 Å². The summed E-state index contributed by atoms with van der Waals surface area (Å²) < 4.78 is 28.4. The molecule has 1 aliphatic heterocycles. The van der Waals surface area contributed by atoms with Gasteiger partial charge in [0.05, 0.1) is 17.3 Å². The predicted molar refractivity (Wildman–Crippen MR) is 105 cm³/mol. The number of amides is 1. The normalized spacial score (nSPS) is 21.5. The van der Waals surface area contributed by atoms with Crippen molar-refractivity contribution < 1.29 is 22.7 Å². The topological polar surface area (TPSA) is 80.8 Å². The van der Waals surface area contributed by atoms with Gasteiger partial charge in [-0.3, -0.25) is 9.59 Å². The van der Waals surface area contributed by atoms with E-state index < -0.39 is 21.9 Å². The van der Waals surface area contributed by atoms with Gasteiger partial charge in [0, 0.05) is 18.0 Å². The highest BCUT2D eigenvalue weighted by molar-refractivity contribution is 8.00. The van der Waals surface area contributed by atoms with Crippen LogP contribution in [0.15, 0.2) is 23.1 Å². The van der Waals surface area contributed by atoms with E-state index in [1.807, 2.05) is 6.07 Å². The van der Waals surface area contributed by atoms with Crippen LogP contribution >= 0.6 is 11.8 Å². The van der Waals surface area contributed by atoms with Gasteiger partial charge in [-0.2, -0.15) is 0 Å². The fourth-order valence-electron chi connectivity index (χ4n) is 3.61. The molecule has 0 N–H and O–H groups in total. The zero-order chi connectivity index (χ0) is 19.6. The number of benzene rings is 1. The first-order valence-corrected chi connectivity index (χ1v) is 12.0. The highest BCUT2D eigenvalue weighted by atomic mass is 32.2. The van der Waals surface area contributed by atoms with E-state index in [1.54, 1.807) is 7.05 Å². The first kappa shape index (κ1) is 20.2. The molecule has 27 heavy (non-hydrogen) atoms. The average molecular weight is 412 g/mol. The minimum absolute atomic E-state index is 0.0237. The molecule has 3 rings (SSSR count). The number of nitrogens with zero attached hydrogens (tertiary/aromatic N) is 1. The van der Waals surface area contributed by atoms with Crippen LogP contribution in [-0.4, -0.2) is 61.6 Å². The Balaban J connectivity index is 1.47. The van der Waals surface area contributed by atoms with Crippen molar-refractivity contribution in [2.24, 2.45) is 0 Å². The molecule has 1 heterocycles. The Labute approximate surface area is 164 Å². The minimum Gasteiger partial charge on any atom is -0.452 e. The largest absolute Gasteiger partial charge is 0.452 e. The second-order valence-corrected chi connectivity index (χ2v) is 10.5. The highest BCUT2D eigenvalue weighted by Crippen LogP contribution is 2.27. The molecule has 1 aromatic carbocycles. The number of hydrogen-bond acceptors (Lipinski definition) is 6. The molecule has 1 aliphatic carbocycles. The van der Waals surface area contributed by atoms with E-state index in [9.17, 15) is 18.0 Å². The monoisotopic (exact) mass is 411 g/mol. The third-order valence-electron chi connectivity index (χ3n) is 5.19. The van der Waals surface area contributed by atoms with Gasteiger partial charge in [-0.1, -0.05) is 6.07 Å². The number of aryl methyl sites for hydroxylation is 2. The summed E-state index contributed by atoms with van der Waals surface area (Å²) in [5.41, 5.74) is 2.74. The molecule has 2 aliphatic rings. The van der Waals surface area contributed by atoms with Crippen molar-refractivity contribution in [2.45, 2.75) is 49.6 Å². The molecule has 1 fully saturated rings. The number of fused-ring (bicyclic) bond motifs is 1.